The van der Waals surface area contributed by atoms with Gasteiger partial charge < -0.3 is 19.3 Å². The van der Waals surface area contributed by atoms with Crippen LogP contribution in [0.25, 0.3) is 0 Å². The Hall–Kier alpha value is -3.16. The lowest BCUT2D eigenvalue weighted by molar-refractivity contribution is -0.128. The predicted octanol–water partition coefficient (Wildman–Crippen LogP) is 2.76. The number of carbonyl (C=O) groups is 2. The van der Waals surface area contributed by atoms with E-state index >= 15 is 0 Å². The second-order valence-corrected chi connectivity index (χ2v) is 8.35. The first-order valence-electron chi connectivity index (χ1n) is 10.8. The van der Waals surface area contributed by atoms with E-state index in [-0.39, 0.29) is 24.2 Å². The molecule has 0 radical (unpaired) electrons. The predicted molar refractivity (Wildman–Crippen MR) is 121 cm³/mol. The summed E-state index contributed by atoms with van der Waals surface area (Å²) in [5.41, 5.74) is 3.00. The minimum atomic E-state index is -0.0907. The van der Waals surface area contributed by atoms with Crippen molar-refractivity contribution in [3.05, 3.63) is 46.5 Å². The summed E-state index contributed by atoms with van der Waals surface area (Å²) in [6.45, 7) is 5.05. The Morgan fingerprint density at radius 2 is 1.81 bits per heavy atom. The highest BCUT2D eigenvalue weighted by molar-refractivity contribution is 5.97. The number of piperidine rings is 1. The molecule has 0 bridgehead atoms. The maximum absolute atomic E-state index is 13.3. The maximum Gasteiger partial charge on any atom is 0.257 e. The van der Waals surface area contributed by atoms with Gasteiger partial charge in [-0.05, 0) is 44.9 Å². The van der Waals surface area contributed by atoms with Gasteiger partial charge in [-0.25, -0.2) is 9.97 Å². The average Bonchev–Trinajstić information content (AvgIpc) is 2.80. The molecule has 1 saturated heterocycles. The average molecular weight is 441 g/mol. The molecule has 1 atom stereocenters. The molecular formula is C24H32N4O4. The van der Waals surface area contributed by atoms with Gasteiger partial charge in [-0.1, -0.05) is 0 Å². The molecule has 1 fully saturated rings. The lowest BCUT2D eigenvalue weighted by Crippen LogP contribution is -2.39. The van der Waals surface area contributed by atoms with E-state index in [0.29, 0.717) is 30.2 Å². The molecular weight excluding hydrogens is 408 g/mol. The van der Waals surface area contributed by atoms with E-state index in [2.05, 4.69) is 0 Å². The molecule has 0 aliphatic carbocycles. The molecule has 0 N–H and O–H groups in total. The molecule has 2 heterocycles. The van der Waals surface area contributed by atoms with Crippen LogP contribution in [-0.2, 0) is 11.2 Å². The number of amides is 2. The fourth-order valence-electron chi connectivity index (χ4n) is 4.04. The Kier molecular flexibility index (Phi) is 7.33. The maximum atomic E-state index is 13.3. The molecule has 172 valence electrons. The molecule has 0 saturated carbocycles. The zero-order valence-corrected chi connectivity index (χ0v) is 19.8. The van der Waals surface area contributed by atoms with Crippen LogP contribution >= 0.6 is 0 Å². The summed E-state index contributed by atoms with van der Waals surface area (Å²) in [5.74, 6) is 1.84. The fourth-order valence-corrected chi connectivity index (χ4v) is 4.04. The summed E-state index contributed by atoms with van der Waals surface area (Å²) < 4.78 is 10.7. The number of likely N-dealkylation sites (tertiary alicyclic amines) is 1. The summed E-state index contributed by atoms with van der Waals surface area (Å²) in [6.07, 6.45) is 2.06. The van der Waals surface area contributed by atoms with Gasteiger partial charge in [0.25, 0.3) is 5.91 Å². The highest BCUT2D eigenvalue weighted by Crippen LogP contribution is 2.30. The van der Waals surface area contributed by atoms with Crippen molar-refractivity contribution in [1.82, 2.24) is 19.8 Å². The highest BCUT2D eigenvalue weighted by Gasteiger charge is 2.29. The van der Waals surface area contributed by atoms with Crippen LogP contribution in [0.1, 0.15) is 51.9 Å². The Bertz CT molecular complexity index is 982. The summed E-state index contributed by atoms with van der Waals surface area (Å²) in [6, 6.07) is 5.24. The monoisotopic (exact) mass is 440 g/mol. The van der Waals surface area contributed by atoms with E-state index in [4.69, 9.17) is 19.4 Å². The van der Waals surface area contributed by atoms with E-state index in [1.165, 1.54) is 0 Å². The third-order valence-electron chi connectivity index (χ3n) is 5.98. The van der Waals surface area contributed by atoms with E-state index in [1.54, 1.807) is 51.4 Å². The summed E-state index contributed by atoms with van der Waals surface area (Å²) >= 11 is 0. The van der Waals surface area contributed by atoms with Crippen molar-refractivity contribution in [1.29, 1.82) is 0 Å². The smallest absolute Gasteiger partial charge is 0.257 e. The minimum Gasteiger partial charge on any atom is -0.497 e. The van der Waals surface area contributed by atoms with Crippen molar-refractivity contribution in [2.75, 3.05) is 41.4 Å². The number of benzene rings is 1. The molecule has 0 unspecified atom stereocenters. The van der Waals surface area contributed by atoms with Crippen LogP contribution in [-0.4, -0.2) is 73.0 Å². The standard InChI is InChI=1S/C24H32N4O4/c1-15-19(13-22(29)27(3)4)16(2)26-23(25-15)17-8-7-11-28(14-17)24(30)20-12-18(31-5)9-10-21(20)32-6/h9-10,12,17H,7-8,11,13-14H2,1-6H3/t17-/m1/s1. The van der Waals surface area contributed by atoms with Crippen molar-refractivity contribution in [2.24, 2.45) is 0 Å². The van der Waals surface area contributed by atoms with Gasteiger partial charge in [0.15, 0.2) is 0 Å². The first kappa shape index (κ1) is 23.5. The van der Waals surface area contributed by atoms with Crippen LogP contribution in [0.3, 0.4) is 0 Å². The number of hydrogen-bond acceptors (Lipinski definition) is 6. The van der Waals surface area contributed by atoms with Gasteiger partial charge in [0.05, 0.1) is 26.2 Å². The molecule has 2 amide bonds. The Labute approximate surface area is 189 Å². The van der Waals surface area contributed by atoms with Crippen LogP contribution in [0.4, 0.5) is 0 Å². The van der Waals surface area contributed by atoms with E-state index in [9.17, 15) is 9.59 Å². The van der Waals surface area contributed by atoms with Crippen LogP contribution in [0.5, 0.6) is 11.5 Å². The molecule has 8 heteroatoms. The normalized spacial score (nSPS) is 15.9. The van der Waals surface area contributed by atoms with E-state index < -0.39 is 0 Å². The topological polar surface area (TPSA) is 84.9 Å². The van der Waals surface area contributed by atoms with Gasteiger partial charge in [0, 0.05) is 50.1 Å². The van der Waals surface area contributed by atoms with Crippen LogP contribution in [0.2, 0.25) is 0 Å². The first-order chi connectivity index (χ1) is 15.2. The number of nitrogens with zero attached hydrogens (tertiary/aromatic N) is 4. The number of carbonyl (C=O) groups excluding carboxylic acids is 2. The number of methoxy groups -OCH3 is 2. The number of likely N-dealkylation sites (N-methyl/N-ethyl adjacent to an activating group) is 1. The number of ether oxygens (including phenoxy) is 2. The third kappa shape index (κ3) is 5.00. The molecule has 0 spiro atoms. The third-order valence-corrected chi connectivity index (χ3v) is 5.98. The molecule has 8 nitrogen and oxygen atoms in total. The lowest BCUT2D eigenvalue weighted by atomic mass is 9.95. The number of hydrogen-bond donors (Lipinski definition) is 0. The lowest BCUT2D eigenvalue weighted by Gasteiger charge is -2.32. The Balaban J connectivity index is 1.82. The second kappa shape index (κ2) is 9.97. The van der Waals surface area contributed by atoms with Crippen LogP contribution in [0.15, 0.2) is 18.2 Å². The Morgan fingerprint density at radius 1 is 1.12 bits per heavy atom. The van der Waals surface area contributed by atoms with E-state index in [1.807, 2.05) is 18.7 Å². The Morgan fingerprint density at radius 3 is 2.41 bits per heavy atom. The van der Waals surface area contributed by atoms with Crippen molar-refractivity contribution in [3.63, 3.8) is 0 Å². The van der Waals surface area contributed by atoms with Crippen LogP contribution < -0.4 is 9.47 Å². The number of aromatic nitrogens is 2. The minimum absolute atomic E-state index is 0.0224. The van der Waals surface area contributed by atoms with Gasteiger partial charge >= 0.3 is 0 Å². The van der Waals surface area contributed by atoms with Crippen molar-refractivity contribution >= 4 is 11.8 Å². The van der Waals surface area contributed by atoms with Crippen LogP contribution in [0, 0.1) is 13.8 Å². The molecule has 1 aromatic heterocycles. The summed E-state index contributed by atoms with van der Waals surface area (Å²) in [4.78, 5) is 38.3. The largest absolute Gasteiger partial charge is 0.497 e. The van der Waals surface area contributed by atoms with E-state index in [0.717, 1.165) is 35.6 Å². The molecule has 1 aliphatic rings. The van der Waals surface area contributed by atoms with Gasteiger partial charge in [0.2, 0.25) is 5.91 Å². The number of aryl methyl sites for hydroxylation is 2. The molecule has 32 heavy (non-hydrogen) atoms. The van der Waals surface area contributed by atoms with Crippen molar-refractivity contribution in [2.45, 2.75) is 39.0 Å². The molecule has 1 aromatic carbocycles. The van der Waals surface area contributed by atoms with Crippen molar-refractivity contribution < 1.29 is 19.1 Å². The molecule has 2 aromatic rings. The summed E-state index contributed by atoms with van der Waals surface area (Å²) in [7, 11) is 6.62. The van der Waals surface area contributed by atoms with Gasteiger partial charge in [0.1, 0.15) is 17.3 Å². The fraction of sp³-hybridized carbons (Fsp3) is 0.500. The zero-order valence-electron chi connectivity index (χ0n) is 19.8. The highest BCUT2D eigenvalue weighted by atomic mass is 16.5. The number of rotatable bonds is 6. The SMILES string of the molecule is COc1ccc(OC)c(C(=O)N2CCC[C@@H](c3nc(C)c(CC(=O)N(C)C)c(C)n3)C2)c1. The molecule has 1 aliphatic heterocycles. The van der Waals surface area contributed by atoms with Gasteiger partial charge in [-0.3, -0.25) is 9.59 Å². The quantitative estimate of drug-likeness (QED) is 0.687. The van der Waals surface area contributed by atoms with Crippen molar-refractivity contribution in [3.8, 4) is 11.5 Å². The van der Waals surface area contributed by atoms with Gasteiger partial charge in [-0.2, -0.15) is 0 Å². The van der Waals surface area contributed by atoms with Gasteiger partial charge in [-0.15, -0.1) is 0 Å². The molecule has 3 rings (SSSR count). The summed E-state index contributed by atoms with van der Waals surface area (Å²) in [5, 5.41) is 0. The first-order valence-corrected chi connectivity index (χ1v) is 10.8. The second-order valence-electron chi connectivity index (χ2n) is 8.35. The zero-order chi connectivity index (χ0) is 23.4.